The highest BCUT2D eigenvalue weighted by Crippen LogP contribution is 2.31. The molecule has 1 fully saturated rings. The molecule has 0 radical (unpaired) electrons. The standard InChI is InChI=1S/C23H30N4O7S/c1-3-34-23(29)26-14-10-18(11-15-26)21(22(28)25-30)27(16-17-8-12-24-13-9-17)35(31,32)20-6-4-19(33-2)5-7-20/h4-9,12-13,18,21,30H,3,10-11,14-16H2,1-2H3,(H,25,28). The second kappa shape index (κ2) is 12.0. The van der Waals surface area contributed by atoms with Gasteiger partial charge in [-0.05, 0) is 67.6 Å². The van der Waals surface area contributed by atoms with Crippen molar-refractivity contribution in [2.24, 2.45) is 5.92 Å². The van der Waals surface area contributed by atoms with Crippen LogP contribution in [0.4, 0.5) is 4.79 Å². The number of hydrogen-bond donors (Lipinski definition) is 2. The molecule has 2 N–H and O–H groups in total. The van der Waals surface area contributed by atoms with Crippen LogP contribution in [0, 0.1) is 5.92 Å². The minimum absolute atomic E-state index is 0.0212. The fourth-order valence-electron chi connectivity index (χ4n) is 4.14. The number of nitrogens with one attached hydrogen (secondary N) is 1. The van der Waals surface area contributed by atoms with E-state index in [9.17, 15) is 23.2 Å². The summed E-state index contributed by atoms with van der Waals surface area (Å²) < 4.78 is 38.9. The molecule has 1 aromatic heterocycles. The van der Waals surface area contributed by atoms with Gasteiger partial charge in [0.05, 0.1) is 18.6 Å². The highest BCUT2D eigenvalue weighted by molar-refractivity contribution is 7.89. The van der Waals surface area contributed by atoms with E-state index in [1.807, 2.05) is 0 Å². The summed E-state index contributed by atoms with van der Waals surface area (Å²) in [5, 5.41) is 9.53. The predicted molar refractivity (Wildman–Crippen MR) is 125 cm³/mol. The highest BCUT2D eigenvalue weighted by Gasteiger charge is 2.42. The number of likely N-dealkylation sites (tertiary alicyclic amines) is 1. The van der Waals surface area contributed by atoms with E-state index in [4.69, 9.17) is 9.47 Å². The molecular weight excluding hydrogens is 476 g/mol. The predicted octanol–water partition coefficient (Wildman–Crippen LogP) is 2.02. The van der Waals surface area contributed by atoms with E-state index in [2.05, 4.69) is 4.98 Å². The maximum absolute atomic E-state index is 13.8. The van der Waals surface area contributed by atoms with Gasteiger partial charge in [0.15, 0.2) is 0 Å². The molecule has 2 amide bonds. The van der Waals surface area contributed by atoms with Gasteiger partial charge in [-0.1, -0.05) is 0 Å². The molecule has 2 aromatic rings. The Labute approximate surface area is 204 Å². The molecule has 1 aliphatic rings. The first-order valence-electron chi connectivity index (χ1n) is 11.2. The average molecular weight is 507 g/mol. The number of aromatic nitrogens is 1. The molecule has 1 atom stereocenters. The first-order chi connectivity index (χ1) is 16.8. The minimum Gasteiger partial charge on any atom is -0.497 e. The molecule has 3 rings (SSSR count). The van der Waals surface area contributed by atoms with Crippen LogP contribution in [-0.4, -0.2) is 72.7 Å². The van der Waals surface area contributed by atoms with E-state index in [1.165, 1.54) is 48.7 Å². The molecule has 0 bridgehead atoms. The van der Waals surface area contributed by atoms with Crippen LogP contribution in [0.2, 0.25) is 0 Å². The smallest absolute Gasteiger partial charge is 0.409 e. The number of amides is 2. The Bertz CT molecular complexity index is 1090. The number of hydroxylamine groups is 1. The zero-order valence-corrected chi connectivity index (χ0v) is 20.5. The zero-order chi connectivity index (χ0) is 25.4. The maximum Gasteiger partial charge on any atom is 0.409 e. The lowest BCUT2D eigenvalue weighted by Gasteiger charge is -2.39. The Morgan fingerprint density at radius 3 is 2.34 bits per heavy atom. The third-order valence-electron chi connectivity index (χ3n) is 5.96. The van der Waals surface area contributed by atoms with Crippen molar-refractivity contribution in [3.05, 3.63) is 54.4 Å². The third kappa shape index (κ3) is 6.27. The van der Waals surface area contributed by atoms with E-state index in [1.54, 1.807) is 24.5 Å². The Hall–Kier alpha value is -3.22. The van der Waals surface area contributed by atoms with Crippen LogP contribution in [0.3, 0.4) is 0 Å². The number of methoxy groups -OCH3 is 1. The van der Waals surface area contributed by atoms with Crippen molar-refractivity contribution in [1.29, 1.82) is 0 Å². The molecule has 12 heteroatoms. The molecule has 11 nitrogen and oxygen atoms in total. The number of ether oxygens (including phenoxy) is 2. The summed E-state index contributed by atoms with van der Waals surface area (Å²) in [7, 11) is -2.71. The lowest BCUT2D eigenvalue weighted by atomic mass is 9.88. The van der Waals surface area contributed by atoms with E-state index < -0.39 is 34.0 Å². The second-order valence-electron chi connectivity index (χ2n) is 8.03. The van der Waals surface area contributed by atoms with Gasteiger partial charge < -0.3 is 14.4 Å². The largest absolute Gasteiger partial charge is 0.497 e. The number of pyridine rings is 1. The quantitative estimate of drug-likeness (QED) is 0.389. The molecule has 1 unspecified atom stereocenters. The second-order valence-corrected chi connectivity index (χ2v) is 9.92. The number of sulfonamides is 1. The molecule has 0 saturated carbocycles. The van der Waals surface area contributed by atoms with Crippen LogP contribution < -0.4 is 10.2 Å². The van der Waals surface area contributed by atoms with E-state index in [0.717, 1.165) is 4.31 Å². The topological polar surface area (TPSA) is 138 Å². The van der Waals surface area contributed by atoms with Gasteiger partial charge in [0, 0.05) is 32.0 Å². The van der Waals surface area contributed by atoms with Crippen LogP contribution in [0.15, 0.2) is 53.7 Å². The molecular formula is C23H30N4O7S. The van der Waals surface area contributed by atoms with Crippen molar-refractivity contribution in [2.75, 3.05) is 26.8 Å². The zero-order valence-electron chi connectivity index (χ0n) is 19.7. The van der Waals surface area contributed by atoms with Crippen LogP contribution in [0.5, 0.6) is 5.75 Å². The molecule has 0 aliphatic carbocycles. The van der Waals surface area contributed by atoms with Gasteiger partial charge in [0.25, 0.3) is 5.91 Å². The lowest BCUT2D eigenvalue weighted by molar-refractivity contribution is -0.135. The summed E-state index contributed by atoms with van der Waals surface area (Å²) in [6, 6.07) is 7.97. The third-order valence-corrected chi connectivity index (χ3v) is 7.80. The summed E-state index contributed by atoms with van der Waals surface area (Å²) in [4.78, 5) is 30.5. The summed E-state index contributed by atoms with van der Waals surface area (Å²) in [5.41, 5.74) is 2.26. The van der Waals surface area contributed by atoms with Crippen molar-refractivity contribution < 1.29 is 32.7 Å². The number of benzene rings is 1. The molecule has 1 aliphatic heterocycles. The summed E-state index contributed by atoms with van der Waals surface area (Å²) in [6.07, 6.45) is 3.32. The Balaban J connectivity index is 1.97. The molecule has 1 saturated heterocycles. The molecule has 2 heterocycles. The van der Waals surface area contributed by atoms with Crippen molar-refractivity contribution in [3.63, 3.8) is 0 Å². The lowest BCUT2D eigenvalue weighted by Crippen LogP contribution is -2.54. The SMILES string of the molecule is CCOC(=O)N1CCC(C(C(=O)NO)N(Cc2ccncc2)S(=O)(=O)c2ccc(OC)cc2)CC1. The number of carbonyl (C=O) groups excluding carboxylic acids is 2. The monoisotopic (exact) mass is 506 g/mol. The van der Waals surface area contributed by atoms with Gasteiger partial charge in [-0.2, -0.15) is 4.31 Å². The first kappa shape index (κ1) is 26.4. The Morgan fingerprint density at radius 1 is 1.17 bits per heavy atom. The number of hydrogen-bond acceptors (Lipinski definition) is 8. The molecule has 0 spiro atoms. The first-order valence-corrected chi connectivity index (χ1v) is 12.7. The van der Waals surface area contributed by atoms with E-state index in [0.29, 0.717) is 37.2 Å². The average Bonchev–Trinajstić information content (AvgIpc) is 2.89. The molecule has 35 heavy (non-hydrogen) atoms. The van der Waals surface area contributed by atoms with Crippen LogP contribution in [0.1, 0.15) is 25.3 Å². The van der Waals surface area contributed by atoms with E-state index >= 15 is 0 Å². The van der Waals surface area contributed by atoms with Gasteiger partial charge in [-0.15, -0.1) is 0 Å². The van der Waals surface area contributed by atoms with Crippen LogP contribution in [0.25, 0.3) is 0 Å². The maximum atomic E-state index is 13.8. The number of carbonyl (C=O) groups is 2. The van der Waals surface area contributed by atoms with Crippen molar-refractivity contribution in [1.82, 2.24) is 19.7 Å². The van der Waals surface area contributed by atoms with Gasteiger partial charge in [-0.3, -0.25) is 15.0 Å². The molecule has 1 aromatic carbocycles. The van der Waals surface area contributed by atoms with Gasteiger partial charge in [0.2, 0.25) is 10.0 Å². The van der Waals surface area contributed by atoms with Crippen LogP contribution >= 0.6 is 0 Å². The fourth-order valence-corrected chi connectivity index (χ4v) is 5.78. The summed E-state index contributed by atoms with van der Waals surface area (Å²) in [5.74, 6) is -0.811. The van der Waals surface area contributed by atoms with Gasteiger partial charge >= 0.3 is 6.09 Å². The van der Waals surface area contributed by atoms with Crippen molar-refractivity contribution in [2.45, 2.75) is 37.2 Å². The fraction of sp³-hybridized carbons (Fsp3) is 0.435. The highest BCUT2D eigenvalue weighted by atomic mass is 32.2. The molecule has 190 valence electrons. The van der Waals surface area contributed by atoms with Crippen molar-refractivity contribution in [3.8, 4) is 5.75 Å². The van der Waals surface area contributed by atoms with Crippen LogP contribution in [-0.2, 0) is 26.1 Å². The number of nitrogens with zero attached hydrogens (tertiary/aromatic N) is 3. The minimum atomic E-state index is -4.19. The van der Waals surface area contributed by atoms with Gasteiger partial charge in [-0.25, -0.2) is 18.7 Å². The number of rotatable bonds is 9. The van der Waals surface area contributed by atoms with E-state index in [-0.39, 0.29) is 18.0 Å². The summed E-state index contributed by atoms with van der Waals surface area (Å²) in [6.45, 7) is 2.43. The summed E-state index contributed by atoms with van der Waals surface area (Å²) >= 11 is 0. The van der Waals surface area contributed by atoms with Gasteiger partial charge in [0.1, 0.15) is 11.8 Å². The van der Waals surface area contributed by atoms with Crippen molar-refractivity contribution >= 4 is 22.0 Å². The Kier molecular flexibility index (Phi) is 9.01. The Morgan fingerprint density at radius 2 is 1.80 bits per heavy atom. The normalized spacial score (nSPS) is 15.5. The number of piperidine rings is 1.